The van der Waals surface area contributed by atoms with Gasteiger partial charge in [-0.05, 0) is 26.0 Å². The lowest BCUT2D eigenvalue weighted by atomic mass is 9.90. The van der Waals surface area contributed by atoms with Crippen molar-refractivity contribution in [3.8, 4) is 11.5 Å². The Hall–Kier alpha value is -1.71. The minimum Gasteiger partial charge on any atom is -0.396 e. The van der Waals surface area contributed by atoms with Gasteiger partial charge in [-0.15, -0.1) is 0 Å². The van der Waals surface area contributed by atoms with E-state index in [0.29, 0.717) is 11.5 Å². The van der Waals surface area contributed by atoms with Crippen LogP contribution in [-0.2, 0) is 9.01 Å². The van der Waals surface area contributed by atoms with Crippen molar-refractivity contribution in [3.63, 3.8) is 0 Å². The molecule has 1 aliphatic rings. The van der Waals surface area contributed by atoms with Crippen LogP contribution in [-0.4, -0.2) is 8.05 Å². The Bertz CT molecular complexity index is 715. The smallest absolute Gasteiger partial charge is 0.396 e. The summed E-state index contributed by atoms with van der Waals surface area (Å²) in [5.41, 5.74) is 4.03. The molecule has 2 aromatic rings. The molecule has 1 heterocycles. The number of fused-ring (bicyclic) bond motifs is 2. The van der Waals surface area contributed by atoms with Crippen molar-refractivity contribution in [3.05, 3.63) is 58.7 Å². The molecule has 0 spiro atoms. The van der Waals surface area contributed by atoms with Crippen molar-refractivity contribution < 1.29 is 18.1 Å². The molecule has 0 bridgehead atoms. The van der Waals surface area contributed by atoms with Crippen LogP contribution >= 0.6 is 7.82 Å². The van der Waals surface area contributed by atoms with Gasteiger partial charge >= 0.3 is 15.9 Å². The lowest BCUT2D eigenvalue weighted by Crippen LogP contribution is -2.12. The Morgan fingerprint density at radius 2 is 1.45 bits per heavy atom. The Balaban J connectivity index is 2.26. The van der Waals surface area contributed by atoms with Crippen LogP contribution in [0.15, 0.2) is 36.4 Å². The lowest BCUT2D eigenvalue weighted by molar-refractivity contribution is 0.301. The molecule has 0 fully saturated rings. The second-order valence-corrected chi connectivity index (χ2v) is 7.01. The van der Waals surface area contributed by atoms with E-state index in [1.54, 1.807) is 12.1 Å². The van der Waals surface area contributed by atoms with E-state index in [1.807, 2.05) is 38.1 Å². The fourth-order valence-corrected chi connectivity index (χ4v) is 3.59. The molecule has 1 aliphatic heterocycles. The van der Waals surface area contributed by atoms with Gasteiger partial charge in [0.1, 0.15) is 11.5 Å². The van der Waals surface area contributed by atoms with Gasteiger partial charge in [-0.1, -0.05) is 42.3 Å². The number of phosphoric ester groups is 1. The van der Waals surface area contributed by atoms with Crippen molar-refractivity contribution >= 4 is 15.9 Å². The Morgan fingerprint density at radius 3 is 1.86 bits per heavy atom. The van der Waals surface area contributed by atoms with Gasteiger partial charge in [0.05, 0.1) is 0 Å². The van der Waals surface area contributed by atoms with Gasteiger partial charge in [0.2, 0.25) is 0 Å². The van der Waals surface area contributed by atoms with Crippen molar-refractivity contribution in [2.45, 2.75) is 26.7 Å². The third-order valence-electron chi connectivity index (χ3n) is 3.81. The molecule has 22 heavy (non-hydrogen) atoms. The third kappa shape index (κ3) is 2.67. The van der Waals surface area contributed by atoms with Crippen LogP contribution < -0.4 is 9.05 Å². The number of benzene rings is 2. The average Bonchev–Trinajstić information content (AvgIpc) is 2.49. The molecule has 0 atom stereocenters. The molecular weight excluding hydrogens is 298 g/mol. The van der Waals surface area contributed by atoms with Crippen LogP contribution in [0.1, 0.15) is 35.1 Å². The molecule has 0 amide bonds. The average molecular weight is 314 g/mol. The standard InChI is InChI=1S/C16H16BO4P/c1-10-4-6-15-13(8-10)12(3)14-9-11(2)5-7-16(14)20-22(18,19-15)21-17/h4-9,12H,1-3H3. The molecule has 3 rings (SSSR count). The summed E-state index contributed by atoms with van der Waals surface area (Å²) in [5, 5.41) is 0. The molecule has 6 heteroatoms. The highest BCUT2D eigenvalue weighted by Gasteiger charge is 2.34. The number of phosphoric acid groups is 1. The zero-order valence-corrected chi connectivity index (χ0v) is 13.6. The van der Waals surface area contributed by atoms with Crippen molar-refractivity contribution in [1.29, 1.82) is 0 Å². The maximum atomic E-state index is 12.6. The second-order valence-electron chi connectivity index (χ2n) is 5.54. The normalized spacial score (nSPS) is 23.3. The van der Waals surface area contributed by atoms with Gasteiger partial charge in [0, 0.05) is 17.0 Å². The molecule has 0 unspecified atom stereocenters. The summed E-state index contributed by atoms with van der Waals surface area (Å²) in [7, 11) is 1.24. The van der Waals surface area contributed by atoms with Gasteiger partial charge in [-0.2, -0.15) is 0 Å². The molecule has 4 nitrogen and oxygen atoms in total. The molecular formula is C16H16BO4P. The summed E-state index contributed by atoms with van der Waals surface area (Å²) in [5.74, 6) is 0.939. The maximum Gasteiger partial charge on any atom is 0.571 e. The zero-order chi connectivity index (χ0) is 15.9. The van der Waals surface area contributed by atoms with E-state index in [-0.39, 0.29) is 5.92 Å². The number of hydrogen-bond donors (Lipinski definition) is 0. The molecule has 2 radical (unpaired) electrons. The van der Waals surface area contributed by atoms with E-state index in [9.17, 15) is 4.57 Å². The highest BCUT2D eigenvalue weighted by Crippen LogP contribution is 2.54. The molecule has 112 valence electrons. The molecule has 0 aromatic heterocycles. The quantitative estimate of drug-likeness (QED) is 0.577. The van der Waals surface area contributed by atoms with Crippen molar-refractivity contribution in [2.75, 3.05) is 0 Å². The predicted molar refractivity (Wildman–Crippen MR) is 85.6 cm³/mol. The first-order valence-corrected chi connectivity index (χ1v) is 8.47. The molecule has 0 N–H and O–H groups in total. The lowest BCUT2D eigenvalue weighted by Gasteiger charge is -2.27. The summed E-state index contributed by atoms with van der Waals surface area (Å²) in [6.07, 6.45) is 0. The minimum atomic E-state index is -3.91. The first-order valence-electron chi connectivity index (χ1n) is 7.01. The van der Waals surface area contributed by atoms with Gasteiger partial charge in [0.15, 0.2) is 0 Å². The minimum absolute atomic E-state index is 0.0244. The summed E-state index contributed by atoms with van der Waals surface area (Å²) in [6.45, 7) is 6.06. The number of rotatable bonds is 1. The molecule has 0 saturated heterocycles. The van der Waals surface area contributed by atoms with E-state index in [1.165, 1.54) is 0 Å². The van der Waals surface area contributed by atoms with E-state index >= 15 is 0 Å². The highest BCUT2D eigenvalue weighted by atomic mass is 31.2. The van der Waals surface area contributed by atoms with Crippen LogP contribution in [0.5, 0.6) is 11.5 Å². The molecule has 2 aromatic carbocycles. The van der Waals surface area contributed by atoms with Gasteiger partial charge in [0.25, 0.3) is 0 Å². The topological polar surface area (TPSA) is 44.8 Å². The van der Waals surface area contributed by atoms with Crippen LogP contribution in [0.3, 0.4) is 0 Å². The fourth-order valence-electron chi connectivity index (χ4n) is 2.65. The summed E-state index contributed by atoms with van der Waals surface area (Å²) in [4.78, 5) is 0. The Labute approximate surface area is 131 Å². The van der Waals surface area contributed by atoms with Gasteiger partial charge in [-0.25, -0.2) is 4.57 Å². The molecule has 0 saturated carbocycles. The Kier molecular flexibility index (Phi) is 3.79. The highest BCUT2D eigenvalue weighted by molar-refractivity contribution is 7.50. The second kappa shape index (κ2) is 5.49. The zero-order valence-electron chi connectivity index (χ0n) is 12.7. The largest absolute Gasteiger partial charge is 0.571 e. The summed E-state index contributed by atoms with van der Waals surface area (Å²) < 4.78 is 28.1. The monoisotopic (exact) mass is 314 g/mol. The van der Waals surface area contributed by atoms with Crippen LogP contribution in [0, 0.1) is 13.8 Å². The maximum absolute atomic E-state index is 12.6. The first kappa shape index (κ1) is 15.2. The van der Waals surface area contributed by atoms with Crippen LogP contribution in [0.2, 0.25) is 0 Å². The molecule has 0 aliphatic carbocycles. The van der Waals surface area contributed by atoms with Crippen molar-refractivity contribution in [1.82, 2.24) is 0 Å². The van der Waals surface area contributed by atoms with Crippen molar-refractivity contribution in [2.24, 2.45) is 0 Å². The van der Waals surface area contributed by atoms with E-state index < -0.39 is 7.82 Å². The summed E-state index contributed by atoms with van der Waals surface area (Å²) >= 11 is 0. The number of aryl methyl sites for hydroxylation is 2. The fraction of sp³-hybridized carbons (Fsp3) is 0.250. The van der Waals surface area contributed by atoms with Crippen LogP contribution in [0.4, 0.5) is 0 Å². The third-order valence-corrected chi connectivity index (χ3v) is 4.91. The van der Waals surface area contributed by atoms with Crippen LogP contribution in [0.25, 0.3) is 0 Å². The van der Waals surface area contributed by atoms with Gasteiger partial charge in [-0.3, -0.25) is 0 Å². The summed E-state index contributed by atoms with van der Waals surface area (Å²) in [6, 6.07) is 11.3. The first-order chi connectivity index (χ1) is 10.4. The Morgan fingerprint density at radius 1 is 1.00 bits per heavy atom. The van der Waals surface area contributed by atoms with E-state index in [4.69, 9.17) is 17.1 Å². The number of hydrogen-bond acceptors (Lipinski definition) is 4. The SMILES string of the molecule is [B]OP1(=O)Oc2ccc(C)cc2C(C)c2cc(C)ccc2O1. The van der Waals surface area contributed by atoms with Gasteiger partial charge < -0.3 is 13.5 Å². The van der Waals surface area contributed by atoms with E-state index in [0.717, 1.165) is 22.3 Å². The van der Waals surface area contributed by atoms with E-state index in [2.05, 4.69) is 11.4 Å². The predicted octanol–water partition coefficient (Wildman–Crippen LogP) is 4.43.